The Kier molecular flexibility index (Phi) is 3.50. The lowest BCUT2D eigenvalue weighted by atomic mass is 9.90. The summed E-state index contributed by atoms with van der Waals surface area (Å²) in [5.41, 5.74) is 0.406. The van der Waals surface area contributed by atoms with Crippen molar-refractivity contribution in [1.82, 2.24) is 0 Å². The lowest BCUT2D eigenvalue weighted by Crippen LogP contribution is -2.41. The monoisotopic (exact) mass is 282 g/mol. The van der Waals surface area contributed by atoms with E-state index in [1.165, 1.54) is 6.92 Å². The standard InChI is InChI=1S/C15H19ClO3/c1-9(17)11-7-6-10(16)8-12(11)13-18-14(2,3)15(4,5)19-13/h6-8,13H,1-5H3. The molecule has 0 spiro atoms. The smallest absolute Gasteiger partial charge is 0.186 e. The van der Waals surface area contributed by atoms with Crippen molar-refractivity contribution in [2.24, 2.45) is 0 Å². The first-order valence-electron chi connectivity index (χ1n) is 6.30. The van der Waals surface area contributed by atoms with E-state index in [0.717, 1.165) is 0 Å². The Hall–Kier alpha value is -0.900. The van der Waals surface area contributed by atoms with Gasteiger partial charge in [0.1, 0.15) is 0 Å². The molecule has 1 saturated heterocycles. The lowest BCUT2D eigenvalue weighted by Gasteiger charge is -2.30. The number of hydrogen-bond acceptors (Lipinski definition) is 3. The molecule has 0 aromatic heterocycles. The fraction of sp³-hybridized carbons (Fsp3) is 0.533. The van der Waals surface area contributed by atoms with Gasteiger partial charge in [-0.1, -0.05) is 11.6 Å². The van der Waals surface area contributed by atoms with Crippen molar-refractivity contribution in [1.29, 1.82) is 0 Å². The van der Waals surface area contributed by atoms with E-state index < -0.39 is 17.5 Å². The van der Waals surface area contributed by atoms with Gasteiger partial charge >= 0.3 is 0 Å². The van der Waals surface area contributed by atoms with Crippen molar-refractivity contribution in [3.63, 3.8) is 0 Å². The fourth-order valence-electron chi connectivity index (χ4n) is 2.02. The summed E-state index contributed by atoms with van der Waals surface area (Å²) in [5.74, 6) is -0.0265. The van der Waals surface area contributed by atoms with E-state index in [0.29, 0.717) is 16.1 Å². The summed E-state index contributed by atoms with van der Waals surface area (Å²) >= 11 is 6.02. The van der Waals surface area contributed by atoms with Crippen molar-refractivity contribution >= 4 is 17.4 Å². The largest absolute Gasteiger partial charge is 0.339 e. The van der Waals surface area contributed by atoms with Crippen LogP contribution in [0.4, 0.5) is 0 Å². The zero-order chi connectivity index (χ0) is 14.4. The first kappa shape index (κ1) is 14.5. The Labute approximate surface area is 118 Å². The van der Waals surface area contributed by atoms with E-state index in [-0.39, 0.29) is 5.78 Å². The molecule has 0 bridgehead atoms. The van der Waals surface area contributed by atoms with Crippen molar-refractivity contribution in [3.05, 3.63) is 34.3 Å². The van der Waals surface area contributed by atoms with Gasteiger partial charge in [0.15, 0.2) is 12.1 Å². The van der Waals surface area contributed by atoms with Gasteiger partial charge in [0, 0.05) is 16.1 Å². The molecule has 1 aromatic carbocycles. The molecule has 1 aromatic rings. The average Bonchev–Trinajstić information content (AvgIpc) is 2.47. The van der Waals surface area contributed by atoms with Crippen LogP contribution in [0.2, 0.25) is 5.02 Å². The van der Waals surface area contributed by atoms with Gasteiger partial charge in [0.25, 0.3) is 0 Å². The van der Waals surface area contributed by atoms with Gasteiger partial charge in [0.05, 0.1) is 11.2 Å². The van der Waals surface area contributed by atoms with Gasteiger partial charge in [-0.15, -0.1) is 0 Å². The molecule has 0 aliphatic carbocycles. The molecule has 1 heterocycles. The Bertz CT molecular complexity index is 504. The minimum Gasteiger partial charge on any atom is -0.339 e. The second kappa shape index (κ2) is 4.58. The van der Waals surface area contributed by atoms with Gasteiger partial charge in [0.2, 0.25) is 0 Å². The zero-order valence-electron chi connectivity index (χ0n) is 11.9. The Morgan fingerprint density at radius 2 is 1.68 bits per heavy atom. The highest BCUT2D eigenvalue weighted by atomic mass is 35.5. The highest BCUT2D eigenvalue weighted by molar-refractivity contribution is 6.30. The molecule has 0 unspecified atom stereocenters. The van der Waals surface area contributed by atoms with Crippen LogP contribution in [-0.2, 0) is 9.47 Å². The van der Waals surface area contributed by atoms with Crippen LogP contribution in [0.15, 0.2) is 18.2 Å². The third-order valence-electron chi connectivity index (χ3n) is 3.90. The van der Waals surface area contributed by atoms with Crippen LogP contribution in [0, 0.1) is 0 Å². The number of carbonyl (C=O) groups is 1. The maximum Gasteiger partial charge on any atom is 0.186 e. The lowest BCUT2D eigenvalue weighted by molar-refractivity contribution is -0.0898. The van der Waals surface area contributed by atoms with Crippen LogP contribution in [-0.4, -0.2) is 17.0 Å². The highest BCUT2D eigenvalue weighted by Gasteiger charge is 2.50. The Morgan fingerprint density at radius 3 is 2.16 bits per heavy atom. The summed E-state index contributed by atoms with van der Waals surface area (Å²) in [4.78, 5) is 11.7. The predicted octanol–water partition coefficient (Wildman–Crippen LogP) is 4.15. The number of rotatable bonds is 2. The van der Waals surface area contributed by atoms with Crippen molar-refractivity contribution in [2.45, 2.75) is 52.1 Å². The van der Waals surface area contributed by atoms with Crippen molar-refractivity contribution < 1.29 is 14.3 Å². The van der Waals surface area contributed by atoms with Gasteiger partial charge < -0.3 is 9.47 Å². The summed E-state index contributed by atoms with van der Waals surface area (Å²) in [6.45, 7) is 9.43. The SMILES string of the molecule is CC(=O)c1ccc(Cl)cc1C1OC(C)(C)C(C)(C)O1. The minimum atomic E-state index is -0.567. The molecule has 0 radical (unpaired) electrons. The van der Waals surface area contributed by atoms with E-state index in [9.17, 15) is 4.79 Å². The van der Waals surface area contributed by atoms with Gasteiger partial charge in [-0.2, -0.15) is 0 Å². The molecular weight excluding hydrogens is 264 g/mol. The summed E-state index contributed by atoms with van der Waals surface area (Å²) < 4.78 is 11.9. The second-order valence-corrected chi connectivity index (χ2v) is 6.31. The molecule has 1 fully saturated rings. The zero-order valence-corrected chi connectivity index (χ0v) is 12.7. The molecule has 1 aliphatic rings. The molecule has 1 aliphatic heterocycles. The summed E-state index contributed by atoms with van der Waals surface area (Å²) in [5, 5.41) is 0.565. The highest BCUT2D eigenvalue weighted by Crippen LogP contribution is 2.45. The van der Waals surface area contributed by atoms with Crippen LogP contribution in [0.1, 0.15) is 56.8 Å². The van der Waals surface area contributed by atoms with Crippen LogP contribution >= 0.6 is 11.6 Å². The molecule has 2 rings (SSSR count). The summed E-state index contributed by atoms with van der Waals surface area (Å²) in [6.07, 6.45) is -0.567. The number of ketones is 1. The normalized spacial score (nSPS) is 21.6. The topological polar surface area (TPSA) is 35.5 Å². The number of benzene rings is 1. The number of halogens is 1. The van der Waals surface area contributed by atoms with E-state index >= 15 is 0 Å². The number of ether oxygens (including phenoxy) is 2. The maximum atomic E-state index is 11.7. The second-order valence-electron chi connectivity index (χ2n) is 5.88. The van der Waals surface area contributed by atoms with Gasteiger partial charge in [-0.3, -0.25) is 4.79 Å². The third kappa shape index (κ3) is 2.55. The molecule has 4 heteroatoms. The first-order valence-corrected chi connectivity index (χ1v) is 6.68. The first-order chi connectivity index (χ1) is 8.64. The van der Waals surface area contributed by atoms with Gasteiger partial charge in [-0.25, -0.2) is 0 Å². The molecule has 104 valence electrons. The molecule has 0 amide bonds. The summed E-state index contributed by atoms with van der Waals surface area (Å²) in [7, 11) is 0. The average molecular weight is 283 g/mol. The molecule has 19 heavy (non-hydrogen) atoms. The van der Waals surface area contributed by atoms with Crippen molar-refractivity contribution in [2.75, 3.05) is 0 Å². The Balaban J connectivity index is 2.44. The van der Waals surface area contributed by atoms with E-state index in [1.807, 2.05) is 27.7 Å². The number of hydrogen-bond donors (Lipinski definition) is 0. The number of carbonyl (C=O) groups excluding carboxylic acids is 1. The van der Waals surface area contributed by atoms with Crippen LogP contribution in [0.5, 0.6) is 0 Å². The quantitative estimate of drug-likeness (QED) is 0.765. The predicted molar refractivity (Wildman–Crippen MR) is 74.5 cm³/mol. The summed E-state index contributed by atoms with van der Waals surface area (Å²) in [6, 6.07) is 5.15. The molecule has 0 N–H and O–H groups in total. The van der Waals surface area contributed by atoms with Crippen LogP contribution < -0.4 is 0 Å². The van der Waals surface area contributed by atoms with E-state index in [1.54, 1.807) is 18.2 Å². The Morgan fingerprint density at radius 1 is 1.16 bits per heavy atom. The minimum absolute atomic E-state index is 0.0265. The maximum absolute atomic E-state index is 11.7. The van der Waals surface area contributed by atoms with Crippen LogP contribution in [0.3, 0.4) is 0 Å². The number of Topliss-reactive ketones (excluding diaryl/α,β-unsaturated/α-hetero) is 1. The van der Waals surface area contributed by atoms with E-state index in [2.05, 4.69) is 0 Å². The molecule has 0 atom stereocenters. The fourth-order valence-corrected chi connectivity index (χ4v) is 2.20. The van der Waals surface area contributed by atoms with Gasteiger partial charge in [-0.05, 0) is 52.8 Å². The molecular formula is C15H19ClO3. The molecule has 0 saturated carbocycles. The van der Waals surface area contributed by atoms with Crippen LogP contribution in [0.25, 0.3) is 0 Å². The van der Waals surface area contributed by atoms with Crippen molar-refractivity contribution in [3.8, 4) is 0 Å². The van der Waals surface area contributed by atoms with E-state index in [4.69, 9.17) is 21.1 Å². The molecule has 3 nitrogen and oxygen atoms in total. The third-order valence-corrected chi connectivity index (χ3v) is 4.14.